The molecule has 0 atom stereocenters. The molecule has 1 saturated heterocycles. The molecule has 1 N–H and O–H groups in total. The molecule has 28 heavy (non-hydrogen) atoms. The van der Waals surface area contributed by atoms with Gasteiger partial charge in [-0.15, -0.1) is 0 Å². The minimum atomic E-state index is -3.73. The number of rotatable bonds is 6. The van der Waals surface area contributed by atoms with Gasteiger partial charge in [0.2, 0.25) is 10.0 Å². The lowest BCUT2D eigenvalue weighted by atomic mass is 10.2. The van der Waals surface area contributed by atoms with E-state index >= 15 is 0 Å². The second-order valence-corrected chi connectivity index (χ2v) is 9.01. The number of methoxy groups -OCH3 is 1. The van der Waals surface area contributed by atoms with Crippen molar-refractivity contribution in [2.24, 2.45) is 0 Å². The zero-order chi connectivity index (χ0) is 20.1. The Morgan fingerprint density at radius 3 is 2.61 bits per heavy atom. The molecule has 0 saturated carbocycles. The maximum Gasteiger partial charge on any atom is 0.255 e. The van der Waals surface area contributed by atoms with Crippen molar-refractivity contribution in [2.45, 2.75) is 30.8 Å². The topological polar surface area (TPSA) is 75.7 Å². The summed E-state index contributed by atoms with van der Waals surface area (Å²) in [5.41, 5.74) is 1.76. The minimum absolute atomic E-state index is 0.0307. The van der Waals surface area contributed by atoms with Gasteiger partial charge in [-0.25, -0.2) is 8.42 Å². The molecule has 1 aliphatic rings. The first-order chi connectivity index (χ1) is 13.4. The third-order valence-electron chi connectivity index (χ3n) is 4.62. The fraction of sp³-hybridized carbons (Fsp3) is 0.350. The Bertz CT molecular complexity index is 956. The summed E-state index contributed by atoms with van der Waals surface area (Å²) in [5, 5.41) is 2.90. The molecule has 6 nitrogen and oxygen atoms in total. The van der Waals surface area contributed by atoms with E-state index in [1.807, 2.05) is 18.2 Å². The highest BCUT2D eigenvalue weighted by Crippen LogP contribution is 2.28. The van der Waals surface area contributed by atoms with E-state index in [4.69, 9.17) is 16.3 Å². The molecule has 2 aromatic rings. The van der Waals surface area contributed by atoms with Gasteiger partial charge in [0.1, 0.15) is 4.90 Å². The van der Waals surface area contributed by atoms with Crippen molar-refractivity contribution < 1.29 is 17.9 Å². The van der Waals surface area contributed by atoms with Crippen LogP contribution in [0, 0.1) is 0 Å². The molecule has 1 aliphatic heterocycles. The average Bonchev–Trinajstić information content (AvgIpc) is 2.69. The van der Waals surface area contributed by atoms with Gasteiger partial charge in [0, 0.05) is 31.5 Å². The van der Waals surface area contributed by atoms with Crippen LogP contribution >= 0.6 is 11.6 Å². The predicted molar refractivity (Wildman–Crippen MR) is 109 cm³/mol. The van der Waals surface area contributed by atoms with Crippen molar-refractivity contribution >= 4 is 33.2 Å². The fourth-order valence-electron chi connectivity index (χ4n) is 3.20. The highest BCUT2D eigenvalue weighted by Gasteiger charge is 2.28. The highest BCUT2D eigenvalue weighted by atomic mass is 35.5. The van der Waals surface area contributed by atoms with E-state index in [-0.39, 0.29) is 15.5 Å². The fourth-order valence-corrected chi connectivity index (χ4v) is 5.21. The van der Waals surface area contributed by atoms with Crippen LogP contribution in [0.25, 0.3) is 0 Å². The van der Waals surface area contributed by atoms with E-state index in [2.05, 4.69) is 5.32 Å². The first-order valence-electron chi connectivity index (χ1n) is 9.11. The smallest absolute Gasteiger partial charge is 0.255 e. The summed E-state index contributed by atoms with van der Waals surface area (Å²) in [5.74, 6) is -0.402. The zero-order valence-electron chi connectivity index (χ0n) is 15.7. The van der Waals surface area contributed by atoms with Crippen molar-refractivity contribution in [1.82, 2.24) is 4.31 Å². The maximum absolute atomic E-state index is 13.0. The standard InChI is InChI=1S/C20H23ClN2O4S/c1-27-14-15-6-5-7-17(12-15)22-20(24)16-8-9-18(21)19(13-16)28(25,26)23-10-3-2-4-11-23/h5-9,12-13H,2-4,10-11,14H2,1H3,(H,22,24). The zero-order valence-corrected chi connectivity index (χ0v) is 17.2. The molecule has 1 fully saturated rings. The number of benzene rings is 2. The van der Waals surface area contributed by atoms with Gasteiger partial charge in [-0.3, -0.25) is 4.79 Å². The molecule has 0 unspecified atom stereocenters. The summed E-state index contributed by atoms with van der Waals surface area (Å²) in [4.78, 5) is 12.6. The van der Waals surface area contributed by atoms with E-state index in [9.17, 15) is 13.2 Å². The molecule has 150 valence electrons. The molecule has 3 rings (SSSR count). The van der Waals surface area contributed by atoms with Crippen LogP contribution in [0.1, 0.15) is 35.2 Å². The molecule has 0 aliphatic carbocycles. The molecule has 0 bridgehead atoms. The lowest BCUT2D eigenvalue weighted by Gasteiger charge is -2.26. The van der Waals surface area contributed by atoms with Crippen LogP contribution in [-0.4, -0.2) is 38.8 Å². The van der Waals surface area contributed by atoms with Gasteiger partial charge in [0.05, 0.1) is 11.6 Å². The molecule has 2 aromatic carbocycles. The van der Waals surface area contributed by atoms with E-state index in [1.54, 1.807) is 13.2 Å². The van der Waals surface area contributed by atoms with Crippen molar-refractivity contribution in [3.05, 3.63) is 58.6 Å². The van der Waals surface area contributed by atoms with Crippen LogP contribution in [0.5, 0.6) is 0 Å². The Kier molecular flexibility index (Phi) is 6.72. The van der Waals surface area contributed by atoms with Gasteiger partial charge in [-0.1, -0.05) is 30.2 Å². The van der Waals surface area contributed by atoms with Gasteiger partial charge in [0.15, 0.2) is 0 Å². The van der Waals surface area contributed by atoms with Gasteiger partial charge in [-0.05, 0) is 48.7 Å². The highest BCUT2D eigenvalue weighted by molar-refractivity contribution is 7.89. The van der Waals surface area contributed by atoms with E-state index in [0.717, 1.165) is 24.8 Å². The number of hydrogen-bond acceptors (Lipinski definition) is 4. The summed E-state index contributed by atoms with van der Waals surface area (Å²) in [6.45, 7) is 1.38. The predicted octanol–water partition coefficient (Wildman–Crippen LogP) is 3.91. The molecule has 1 amide bonds. The lowest BCUT2D eigenvalue weighted by Crippen LogP contribution is -2.35. The van der Waals surface area contributed by atoms with Gasteiger partial charge in [-0.2, -0.15) is 4.31 Å². The first kappa shape index (κ1) is 20.8. The third kappa shape index (κ3) is 4.72. The molecule has 0 spiro atoms. The number of hydrogen-bond donors (Lipinski definition) is 1. The Hall–Kier alpha value is -1.93. The summed E-state index contributed by atoms with van der Waals surface area (Å²) >= 11 is 6.17. The van der Waals surface area contributed by atoms with Gasteiger partial charge < -0.3 is 10.1 Å². The number of nitrogens with one attached hydrogen (secondary N) is 1. The van der Waals surface area contributed by atoms with E-state index in [1.165, 1.54) is 22.5 Å². The summed E-state index contributed by atoms with van der Waals surface area (Å²) in [6, 6.07) is 11.6. The Labute approximate surface area is 170 Å². The van der Waals surface area contributed by atoms with Gasteiger partial charge in [0.25, 0.3) is 5.91 Å². The minimum Gasteiger partial charge on any atom is -0.380 e. The largest absolute Gasteiger partial charge is 0.380 e. The Morgan fingerprint density at radius 2 is 1.89 bits per heavy atom. The average molecular weight is 423 g/mol. The van der Waals surface area contributed by atoms with Crippen molar-refractivity contribution in [1.29, 1.82) is 0 Å². The lowest BCUT2D eigenvalue weighted by molar-refractivity contribution is 0.102. The third-order valence-corrected chi connectivity index (χ3v) is 7.00. The second-order valence-electron chi connectivity index (χ2n) is 6.70. The first-order valence-corrected chi connectivity index (χ1v) is 10.9. The van der Waals surface area contributed by atoms with Crippen LogP contribution < -0.4 is 5.32 Å². The van der Waals surface area contributed by atoms with E-state index < -0.39 is 15.9 Å². The molecular formula is C20H23ClN2O4S. The number of anilines is 1. The number of sulfonamides is 1. The summed E-state index contributed by atoms with van der Waals surface area (Å²) < 4.78 is 32.4. The second kappa shape index (κ2) is 9.05. The number of amides is 1. The molecule has 0 radical (unpaired) electrons. The molecular weight excluding hydrogens is 400 g/mol. The molecule has 0 aromatic heterocycles. The molecule has 8 heteroatoms. The van der Waals surface area contributed by atoms with Crippen molar-refractivity contribution in [2.75, 3.05) is 25.5 Å². The number of ether oxygens (including phenoxy) is 1. The van der Waals surface area contributed by atoms with Crippen molar-refractivity contribution in [3.63, 3.8) is 0 Å². The Morgan fingerprint density at radius 1 is 1.14 bits per heavy atom. The van der Waals surface area contributed by atoms with Crippen LogP contribution in [0.4, 0.5) is 5.69 Å². The summed E-state index contributed by atoms with van der Waals surface area (Å²) in [7, 11) is -2.13. The number of nitrogens with zero attached hydrogens (tertiary/aromatic N) is 1. The molecule has 1 heterocycles. The van der Waals surface area contributed by atoms with Gasteiger partial charge >= 0.3 is 0 Å². The maximum atomic E-state index is 13.0. The SMILES string of the molecule is COCc1cccc(NC(=O)c2ccc(Cl)c(S(=O)(=O)N3CCCCC3)c2)c1. The number of carbonyl (C=O) groups is 1. The van der Waals surface area contributed by atoms with Crippen molar-refractivity contribution in [3.8, 4) is 0 Å². The monoisotopic (exact) mass is 422 g/mol. The number of piperidine rings is 1. The normalized spacial score (nSPS) is 15.4. The quantitative estimate of drug-likeness (QED) is 0.765. The van der Waals surface area contributed by atoms with E-state index in [0.29, 0.717) is 25.4 Å². The van der Waals surface area contributed by atoms with Crippen LogP contribution in [0.15, 0.2) is 47.4 Å². The van der Waals surface area contributed by atoms with Crippen LogP contribution in [0.2, 0.25) is 5.02 Å². The Balaban J connectivity index is 1.84. The van der Waals surface area contributed by atoms with Crippen LogP contribution in [-0.2, 0) is 21.4 Å². The number of halogens is 1. The number of carbonyl (C=O) groups excluding carboxylic acids is 1. The van der Waals surface area contributed by atoms with Crippen LogP contribution in [0.3, 0.4) is 0 Å². The summed E-state index contributed by atoms with van der Waals surface area (Å²) in [6.07, 6.45) is 2.67.